The molecule has 0 saturated heterocycles. The first kappa shape index (κ1) is 68.2. The van der Waals surface area contributed by atoms with Gasteiger partial charge in [0.15, 0.2) is 0 Å². The molecule has 3 aliphatic rings. The minimum atomic E-state index is -0.164. The highest BCUT2D eigenvalue weighted by Crippen LogP contribution is 2.61. The molecule has 0 bridgehead atoms. The summed E-state index contributed by atoms with van der Waals surface area (Å²) < 4.78 is 6.45. The maximum Gasteiger partial charge on any atom is 0.136 e. The Morgan fingerprint density at radius 2 is 0.483 bits per heavy atom. The van der Waals surface area contributed by atoms with E-state index in [1.54, 1.807) is 0 Å². The fraction of sp³-hybridized carbons (Fsp3) is 0.0769. The molecule has 1 heterocycles. The third-order valence-electron chi connectivity index (χ3n) is 27.4. The summed E-state index contributed by atoms with van der Waals surface area (Å²) in [6.07, 6.45) is 0. The van der Waals surface area contributed by atoms with E-state index in [9.17, 15) is 0 Å². The first-order valence-electron chi connectivity index (χ1n) is 41.7. The van der Waals surface area contributed by atoms with Crippen LogP contribution >= 0.6 is 0 Å². The maximum atomic E-state index is 6.45. The van der Waals surface area contributed by atoms with Crippen LogP contribution in [0.5, 0.6) is 0 Å². The lowest BCUT2D eigenvalue weighted by atomic mass is 9.79. The van der Waals surface area contributed by atoms with Gasteiger partial charge in [-0.3, -0.25) is 0 Å². The normalized spacial score (nSPS) is 13.9. The number of furan rings is 1. The van der Waals surface area contributed by atoms with Crippen molar-refractivity contribution in [2.24, 2.45) is 0 Å². The molecule has 0 unspecified atom stereocenters. The third-order valence-corrected chi connectivity index (χ3v) is 27.4. The Bertz CT molecular complexity index is 8040. The molecule has 3 aliphatic carbocycles. The highest BCUT2D eigenvalue weighted by molar-refractivity contribution is 6.27. The molecule has 25 rings (SSSR count). The topological polar surface area (TPSA) is 13.1 Å². The smallest absolute Gasteiger partial charge is 0.136 e. The first-order valence-corrected chi connectivity index (χ1v) is 41.7. The molecule has 0 N–H and O–H groups in total. The second-order valence-corrected chi connectivity index (χ2v) is 34.6. The van der Waals surface area contributed by atoms with Gasteiger partial charge in [0.25, 0.3) is 0 Å². The van der Waals surface area contributed by atoms with Crippen molar-refractivity contribution in [2.45, 2.75) is 57.8 Å². The van der Waals surface area contributed by atoms with Gasteiger partial charge in [-0.25, -0.2) is 0 Å². The molecule has 21 aromatic carbocycles. The van der Waals surface area contributed by atoms with Crippen LogP contribution in [0.25, 0.3) is 219 Å². The Morgan fingerprint density at radius 1 is 0.169 bits per heavy atom. The van der Waals surface area contributed by atoms with E-state index >= 15 is 0 Å². The van der Waals surface area contributed by atoms with Gasteiger partial charge in [0.2, 0.25) is 0 Å². The van der Waals surface area contributed by atoms with Gasteiger partial charge in [-0.1, -0.05) is 381 Å². The molecule has 1 heteroatoms. The van der Waals surface area contributed by atoms with Gasteiger partial charge in [0, 0.05) is 27.0 Å². The Labute approximate surface area is 686 Å². The molecule has 0 saturated carbocycles. The van der Waals surface area contributed by atoms with Gasteiger partial charge in [0.1, 0.15) is 11.2 Å². The standard InChI is InChI=1S/C59H38O.C58H42/c1-59(2)50-28-14-27-40(56(50)57-43-21-7-5-19-41(43)42-20-6-12-26-48(42)58(57)59)36-16-13-17-37(33-36)53-44-22-8-10-24-46(44)54(47-25-11-9-23-45(47)53)38-30-31-51-49(34-38)55-39-18-4-3-15-35(39)29-32-52(55)60-51;1-57(2)49-29-14-13-21-41(49)42-32-31-37(34-51(42)57)53-46-25-10-8-23-44(46)52(45-24-9-11-26-47(45)53)36-18-15-17-35(33-36)38-28-16-30-50-54(38)55-43-22-7-5-19-39(43)40-20-6-12-27-48(40)56(55)58(50,3)4/h3-34H,1-2H3;5-34H,1-4H3. The van der Waals surface area contributed by atoms with E-state index in [1.807, 2.05) is 0 Å². The summed E-state index contributed by atoms with van der Waals surface area (Å²) in [5, 5.41) is 25.5. The highest BCUT2D eigenvalue weighted by atomic mass is 16.3. The van der Waals surface area contributed by atoms with Crippen LogP contribution in [0.2, 0.25) is 0 Å². The van der Waals surface area contributed by atoms with Crippen LogP contribution in [0.3, 0.4) is 0 Å². The minimum absolute atomic E-state index is 0.0688. The lowest BCUT2D eigenvalue weighted by molar-refractivity contribution is 0.660. The summed E-state index contributed by atoms with van der Waals surface area (Å²) in [6, 6.07) is 140. The van der Waals surface area contributed by atoms with Crippen molar-refractivity contribution in [1.29, 1.82) is 0 Å². The van der Waals surface area contributed by atoms with Gasteiger partial charge in [-0.15, -0.1) is 0 Å². The lowest BCUT2D eigenvalue weighted by Crippen LogP contribution is -2.15. The number of rotatable bonds is 6. The zero-order chi connectivity index (χ0) is 78.6. The summed E-state index contributed by atoms with van der Waals surface area (Å²) in [4.78, 5) is 0. The van der Waals surface area contributed by atoms with Crippen molar-refractivity contribution in [3.05, 3.63) is 409 Å². The Hall–Kier alpha value is -14.2. The largest absolute Gasteiger partial charge is 0.456 e. The van der Waals surface area contributed by atoms with E-state index in [0.717, 1.165) is 16.6 Å². The van der Waals surface area contributed by atoms with E-state index in [4.69, 9.17) is 4.42 Å². The third kappa shape index (κ3) is 9.68. The van der Waals surface area contributed by atoms with Gasteiger partial charge >= 0.3 is 0 Å². The molecule has 0 aliphatic heterocycles. The van der Waals surface area contributed by atoms with Crippen LogP contribution in [-0.2, 0) is 16.2 Å². The van der Waals surface area contributed by atoms with E-state index < -0.39 is 0 Å². The van der Waals surface area contributed by atoms with E-state index in [0.29, 0.717) is 0 Å². The molecule has 554 valence electrons. The number of fused-ring (bicyclic) bond motifs is 28. The predicted molar refractivity (Wildman–Crippen MR) is 503 cm³/mol. The van der Waals surface area contributed by atoms with Gasteiger partial charge in [-0.05, 0) is 267 Å². The van der Waals surface area contributed by atoms with Crippen LogP contribution in [0.1, 0.15) is 74.9 Å². The highest BCUT2D eigenvalue weighted by Gasteiger charge is 2.42. The molecule has 118 heavy (non-hydrogen) atoms. The van der Waals surface area contributed by atoms with Crippen LogP contribution in [0.4, 0.5) is 0 Å². The number of hydrogen-bond donors (Lipinski definition) is 0. The van der Waals surface area contributed by atoms with E-state index in [2.05, 4.69) is 418 Å². The summed E-state index contributed by atoms with van der Waals surface area (Å²) in [5.74, 6) is 0. The second kappa shape index (κ2) is 25.4. The van der Waals surface area contributed by atoms with Crippen LogP contribution in [-0.4, -0.2) is 0 Å². The van der Waals surface area contributed by atoms with E-state index in [1.165, 1.54) is 236 Å². The van der Waals surface area contributed by atoms with Gasteiger partial charge in [-0.2, -0.15) is 0 Å². The summed E-state index contributed by atoms with van der Waals surface area (Å²) in [6.45, 7) is 14.4. The Morgan fingerprint density at radius 3 is 0.941 bits per heavy atom. The van der Waals surface area contributed by atoms with Crippen molar-refractivity contribution in [3.8, 4) is 100 Å². The average molecular weight is 1500 g/mol. The molecule has 22 aromatic rings. The Balaban J connectivity index is 0.000000135. The molecule has 1 aromatic heterocycles. The van der Waals surface area contributed by atoms with Gasteiger partial charge < -0.3 is 4.42 Å². The summed E-state index contributed by atoms with van der Waals surface area (Å²) >= 11 is 0. The van der Waals surface area contributed by atoms with Crippen molar-refractivity contribution in [1.82, 2.24) is 0 Å². The van der Waals surface area contributed by atoms with Crippen molar-refractivity contribution in [2.75, 3.05) is 0 Å². The SMILES string of the molecule is CC1(C)c2cccc(-c3cccc(-c4c5ccccc5c(-c5ccc6oc7ccc8ccccc8c7c6c5)c5ccccc45)c3)c2-c2c1c1ccccc1c1ccccc21.CC1(C)c2ccccc2-c2ccc(-c3c4ccccc4c(-c4cccc(-c5cccc6c5-c5c(c7ccccc7c7ccccc57)C6(C)C)c4)c4ccccc34)cc21. The predicted octanol–water partition coefficient (Wildman–Crippen LogP) is 32.6. The summed E-state index contributed by atoms with van der Waals surface area (Å²) in [5.41, 5.74) is 33.1. The Kier molecular flexibility index (Phi) is 14.7. The summed E-state index contributed by atoms with van der Waals surface area (Å²) in [7, 11) is 0. The van der Waals surface area contributed by atoms with Gasteiger partial charge in [0.05, 0.1) is 0 Å². The van der Waals surface area contributed by atoms with Crippen LogP contribution in [0.15, 0.2) is 381 Å². The number of benzene rings is 21. The molecular formula is C117H80O. The zero-order valence-corrected chi connectivity index (χ0v) is 66.7. The van der Waals surface area contributed by atoms with Crippen molar-refractivity contribution >= 4 is 119 Å². The van der Waals surface area contributed by atoms with E-state index in [-0.39, 0.29) is 16.2 Å². The molecule has 0 radical (unpaired) electrons. The molecule has 0 amide bonds. The molecule has 0 fully saturated rings. The molecular weight excluding hydrogens is 1420 g/mol. The average Bonchev–Trinajstić information content (AvgIpc) is 1.59. The molecule has 0 atom stereocenters. The number of hydrogen-bond acceptors (Lipinski definition) is 1. The molecule has 0 spiro atoms. The molecule has 1 nitrogen and oxygen atoms in total. The monoisotopic (exact) mass is 1500 g/mol. The minimum Gasteiger partial charge on any atom is -0.456 e. The van der Waals surface area contributed by atoms with Crippen LogP contribution < -0.4 is 0 Å². The first-order chi connectivity index (χ1) is 57.9. The quantitative estimate of drug-likeness (QED) is 0.119. The zero-order valence-electron chi connectivity index (χ0n) is 66.7. The van der Waals surface area contributed by atoms with Crippen molar-refractivity contribution < 1.29 is 4.42 Å². The maximum absolute atomic E-state index is 6.45. The lowest BCUT2D eigenvalue weighted by Gasteiger charge is -2.24. The van der Waals surface area contributed by atoms with Crippen LogP contribution in [0, 0.1) is 0 Å². The fourth-order valence-electron chi connectivity index (χ4n) is 22.3. The second-order valence-electron chi connectivity index (χ2n) is 34.6. The fourth-order valence-corrected chi connectivity index (χ4v) is 22.3. The van der Waals surface area contributed by atoms with Crippen molar-refractivity contribution in [3.63, 3.8) is 0 Å².